The lowest BCUT2D eigenvalue weighted by molar-refractivity contribution is -0.120. The van der Waals surface area contributed by atoms with Gasteiger partial charge in [-0.1, -0.05) is 6.07 Å². The van der Waals surface area contributed by atoms with Gasteiger partial charge in [0.15, 0.2) is 11.5 Å². The van der Waals surface area contributed by atoms with Gasteiger partial charge in [-0.15, -0.1) is 0 Å². The van der Waals surface area contributed by atoms with Crippen LogP contribution in [0.4, 0.5) is 0 Å². The second-order valence-corrected chi connectivity index (χ2v) is 5.42. The summed E-state index contributed by atoms with van der Waals surface area (Å²) in [5, 5.41) is 7.26. The third-order valence-electron chi connectivity index (χ3n) is 3.93. The van der Waals surface area contributed by atoms with E-state index in [-0.39, 0.29) is 5.91 Å². The Hall–Kier alpha value is -2.50. The molecule has 0 fully saturated rings. The Morgan fingerprint density at radius 3 is 2.48 bits per heavy atom. The number of aromatic nitrogens is 2. The number of nitrogens with one attached hydrogen (secondary N) is 1. The fraction of sp³-hybridized carbons (Fsp3) is 0.412. The normalized spacial score (nSPS) is 10.5. The SMILES string of the molecule is COc1ccc(CNC(=O)Cc2c(C)nn(C)c2C)cc1OC. The van der Waals surface area contributed by atoms with Crippen LogP contribution < -0.4 is 14.8 Å². The minimum Gasteiger partial charge on any atom is -0.493 e. The zero-order chi connectivity index (χ0) is 17.0. The number of hydrogen-bond acceptors (Lipinski definition) is 4. The number of carbonyl (C=O) groups excluding carboxylic acids is 1. The predicted octanol–water partition coefficient (Wildman–Crippen LogP) is 1.91. The van der Waals surface area contributed by atoms with Crippen molar-refractivity contribution >= 4 is 5.91 Å². The summed E-state index contributed by atoms with van der Waals surface area (Å²) < 4.78 is 12.3. The molecule has 0 saturated heterocycles. The maximum atomic E-state index is 12.2. The van der Waals surface area contributed by atoms with Gasteiger partial charge >= 0.3 is 0 Å². The van der Waals surface area contributed by atoms with Crippen LogP contribution in [0.5, 0.6) is 11.5 Å². The van der Waals surface area contributed by atoms with E-state index in [4.69, 9.17) is 9.47 Å². The summed E-state index contributed by atoms with van der Waals surface area (Å²) in [4.78, 5) is 12.2. The Morgan fingerprint density at radius 1 is 1.22 bits per heavy atom. The van der Waals surface area contributed by atoms with Gasteiger partial charge in [0.25, 0.3) is 0 Å². The summed E-state index contributed by atoms with van der Waals surface area (Å²) in [5.74, 6) is 1.29. The first kappa shape index (κ1) is 16.9. The zero-order valence-electron chi connectivity index (χ0n) is 14.3. The van der Waals surface area contributed by atoms with Crippen LogP contribution in [0.3, 0.4) is 0 Å². The molecular formula is C17H23N3O3. The van der Waals surface area contributed by atoms with E-state index < -0.39 is 0 Å². The highest BCUT2D eigenvalue weighted by Gasteiger charge is 2.13. The van der Waals surface area contributed by atoms with Crippen LogP contribution in [0.15, 0.2) is 18.2 Å². The molecule has 1 N–H and O–H groups in total. The Kier molecular flexibility index (Phi) is 5.26. The van der Waals surface area contributed by atoms with E-state index in [0.29, 0.717) is 24.5 Å². The van der Waals surface area contributed by atoms with Crippen molar-refractivity contribution < 1.29 is 14.3 Å². The smallest absolute Gasteiger partial charge is 0.224 e. The minimum atomic E-state index is -0.0287. The van der Waals surface area contributed by atoms with E-state index in [0.717, 1.165) is 22.5 Å². The second kappa shape index (κ2) is 7.17. The van der Waals surface area contributed by atoms with Crippen LogP contribution in [0.1, 0.15) is 22.5 Å². The number of nitrogens with zero attached hydrogens (tertiary/aromatic N) is 2. The summed E-state index contributed by atoms with van der Waals surface area (Å²) in [6.07, 6.45) is 0.332. The predicted molar refractivity (Wildman–Crippen MR) is 87.8 cm³/mol. The molecule has 124 valence electrons. The van der Waals surface area contributed by atoms with Gasteiger partial charge in [-0.3, -0.25) is 9.48 Å². The number of hydrogen-bond donors (Lipinski definition) is 1. The third kappa shape index (κ3) is 3.83. The molecule has 2 aromatic rings. The Labute approximate surface area is 136 Å². The summed E-state index contributed by atoms with van der Waals surface area (Å²) in [7, 11) is 5.07. The van der Waals surface area contributed by atoms with Crippen LogP contribution in [-0.2, 0) is 24.8 Å². The molecule has 0 saturated carbocycles. The molecule has 2 rings (SSSR count). The quantitative estimate of drug-likeness (QED) is 0.884. The summed E-state index contributed by atoms with van der Waals surface area (Å²) in [6, 6.07) is 5.59. The van der Waals surface area contributed by atoms with Gasteiger partial charge in [0.05, 0.1) is 26.3 Å². The molecule has 0 aliphatic heterocycles. The first-order valence-electron chi connectivity index (χ1n) is 7.43. The highest BCUT2D eigenvalue weighted by molar-refractivity contribution is 5.79. The van der Waals surface area contributed by atoms with Crippen molar-refractivity contribution in [2.75, 3.05) is 14.2 Å². The topological polar surface area (TPSA) is 65.4 Å². The number of rotatable bonds is 6. The molecule has 0 aliphatic carbocycles. The second-order valence-electron chi connectivity index (χ2n) is 5.42. The van der Waals surface area contributed by atoms with Gasteiger partial charge in [-0.2, -0.15) is 5.10 Å². The van der Waals surface area contributed by atoms with Crippen molar-refractivity contribution in [3.63, 3.8) is 0 Å². The molecule has 6 nitrogen and oxygen atoms in total. The molecule has 0 atom stereocenters. The summed E-state index contributed by atoms with van der Waals surface area (Å²) in [6.45, 7) is 4.33. The number of methoxy groups -OCH3 is 2. The lowest BCUT2D eigenvalue weighted by Crippen LogP contribution is -2.25. The van der Waals surface area contributed by atoms with E-state index in [2.05, 4.69) is 10.4 Å². The lowest BCUT2D eigenvalue weighted by atomic mass is 10.1. The Morgan fingerprint density at radius 2 is 1.91 bits per heavy atom. The average molecular weight is 317 g/mol. The standard InChI is InChI=1S/C17H23N3O3/c1-11-14(12(2)20(3)19-11)9-17(21)18-10-13-6-7-15(22-4)16(8-13)23-5/h6-8H,9-10H2,1-5H3,(H,18,21). The largest absolute Gasteiger partial charge is 0.493 e. The highest BCUT2D eigenvalue weighted by Crippen LogP contribution is 2.27. The monoisotopic (exact) mass is 317 g/mol. The molecule has 6 heteroatoms. The fourth-order valence-electron chi connectivity index (χ4n) is 2.49. The lowest BCUT2D eigenvalue weighted by Gasteiger charge is -2.10. The molecule has 0 unspecified atom stereocenters. The van der Waals surface area contributed by atoms with E-state index in [9.17, 15) is 4.79 Å². The van der Waals surface area contributed by atoms with Gasteiger partial charge < -0.3 is 14.8 Å². The van der Waals surface area contributed by atoms with E-state index >= 15 is 0 Å². The zero-order valence-corrected chi connectivity index (χ0v) is 14.3. The molecule has 1 aromatic heterocycles. The van der Waals surface area contributed by atoms with Gasteiger partial charge in [-0.05, 0) is 31.5 Å². The van der Waals surface area contributed by atoms with Gasteiger partial charge in [0, 0.05) is 24.8 Å². The van der Waals surface area contributed by atoms with Gasteiger partial charge in [-0.25, -0.2) is 0 Å². The first-order valence-corrected chi connectivity index (χ1v) is 7.43. The molecule has 1 amide bonds. The van der Waals surface area contributed by atoms with E-state index in [1.807, 2.05) is 39.1 Å². The van der Waals surface area contributed by atoms with Crippen LogP contribution >= 0.6 is 0 Å². The van der Waals surface area contributed by atoms with E-state index in [1.165, 1.54) is 0 Å². The van der Waals surface area contributed by atoms with E-state index in [1.54, 1.807) is 18.9 Å². The van der Waals surface area contributed by atoms with Crippen LogP contribution in [-0.4, -0.2) is 29.9 Å². The maximum Gasteiger partial charge on any atom is 0.224 e. The number of aryl methyl sites for hydroxylation is 2. The maximum absolute atomic E-state index is 12.2. The van der Waals surface area contributed by atoms with Crippen molar-refractivity contribution in [3.8, 4) is 11.5 Å². The molecule has 0 spiro atoms. The molecule has 0 bridgehead atoms. The Balaban J connectivity index is 1.99. The number of carbonyl (C=O) groups is 1. The van der Waals surface area contributed by atoms with Gasteiger partial charge in [0.2, 0.25) is 5.91 Å². The molecule has 0 aliphatic rings. The molecule has 1 aromatic carbocycles. The highest BCUT2D eigenvalue weighted by atomic mass is 16.5. The Bertz CT molecular complexity index is 707. The van der Waals surface area contributed by atoms with Gasteiger partial charge in [0.1, 0.15) is 0 Å². The van der Waals surface area contributed by atoms with Crippen molar-refractivity contribution in [2.24, 2.45) is 7.05 Å². The number of amides is 1. The first-order chi connectivity index (χ1) is 11.0. The van der Waals surface area contributed by atoms with Crippen LogP contribution in [0.2, 0.25) is 0 Å². The number of benzene rings is 1. The molecule has 1 heterocycles. The van der Waals surface area contributed by atoms with Crippen molar-refractivity contribution in [1.82, 2.24) is 15.1 Å². The third-order valence-corrected chi connectivity index (χ3v) is 3.93. The van der Waals surface area contributed by atoms with Crippen LogP contribution in [0.25, 0.3) is 0 Å². The summed E-state index contributed by atoms with van der Waals surface area (Å²) >= 11 is 0. The number of ether oxygens (including phenoxy) is 2. The minimum absolute atomic E-state index is 0.0287. The average Bonchev–Trinajstić information content (AvgIpc) is 2.78. The fourth-order valence-corrected chi connectivity index (χ4v) is 2.49. The molecule has 0 radical (unpaired) electrons. The molecule has 23 heavy (non-hydrogen) atoms. The van der Waals surface area contributed by atoms with Crippen molar-refractivity contribution in [1.29, 1.82) is 0 Å². The van der Waals surface area contributed by atoms with Crippen molar-refractivity contribution in [2.45, 2.75) is 26.8 Å². The summed E-state index contributed by atoms with van der Waals surface area (Å²) in [5.41, 5.74) is 3.85. The molecular weight excluding hydrogens is 294 g/mol. The van der Waals surface area contributed by atoms with Crippen LogP contribution in [0, 0.1) is 13.8 Å². The van der Waals surface area contributed by atoms with Crippen molar-refractivity contribution in [3.05, 3.63) is 40.7 Å².